The fraction of sp³-hybridized carbons (Fsp3) is 0.357. The number of para-hydroxylation sites is 1. The number of carboxylic acid groups (broad SMARTS) is 1. The Morgan fingerprint density at radius 1 is 1.26 bits per heavy atom. The van der Waals surface area contributed by atoms with Gasteiger partial charge in [0.05, 0.1) is 17.4 Å². The lowest BCUT2D eigenvalue weighted by Gasteiger charge is -2.18. The zero-order valence-corrected chi connectivity index (χ0v) is 11.7. The number of H-pyrrole nitrogens is 1. The van der Waals surface area contributed by atoms with E-state index in [1.807, 2.05) is 0 Å². The molecule has 1 aromatic carbocycles. The third-order valence-corrected chi connectivity index (χ3v) is 4.02. The zero-order chi connectivity index (χ0) is 16.8. The number of carbonyl (C=O) groups is 2. The summed E-state index contributed by atoms with van der Waals surface area (Å²) in [4.78, 5) is 24.4. The van der Waals surface area contributed by atoms with Crippen LogP contribution in [0.25, 0.3) is 10.9 Å². The van der Waals surface area contributed by atoms with Gasteiger partial charge in [0, 0.05) is 18.5 Å². The number of benzene rings is 1. The predicted octanol–water partition coefficient (Wildman–Crippen LogP) is 1.90. The third-order valence-electron chi connectivity index (χ3n) is 4.02. The van der Waals surface area contributed by atoms with Crippen LogP contribution >= 0.6 is 0 Å². The van der Waals surface area contributed by atoms with Crippen LogP contribution in [0.5, 0.6) is 0 Å². The zero-order valence-electron chi connectivity index (χ0n) is 11.7. The maximum absolute atomic E-state index is 13.0. The highest BCUT2D eigenvalue weighted by Gasteiger charge is 2.53. The number of aliphatic carboxylic acids is 1. The molecule has 6 nitrogen and oxygen atoms in total. The number of amides is 1. The summed E-state index contributed by atoms with van der Waals surface area (Å²) < 4.78 is 38.9. The minimum absolute atomic E-state index is 0.00689. The molecule has 2 aromatic rings. The van der Waals surface area contributed by atoms with Gasteiger partial charge in [0.1, 0.15) is 0 Å². The van der Waals surface area contributed by atoms with Crippen LogP contribution in [-0.4, -0.2) is 51.3 Å². The first kappa shape index (κ1) is 15.3. The maximum atomic E-state index is 13.0. The van der Waals surface area contributed by atoms with Crippen molar-refractivity contribution >= 4 is 22.8 Å². The van der Waals surface area contributed by atoms with Crippen molar-refractivity contribution in [1.29, 1.82) is 0 Å². The Bertz CT molecular complexity index is 771. The minimum atomic E-state index is -4.67. The van der Waals surface area contributed by atoms with E-state index in [1.54, 1.807) is 24.3 Å². The van der Waals surface area contributed by atoms with Gasteiger partial charge in [-0.3, -0.25) is 14.7 Å². The maximum Gasteiger partial charge on any atom is 0.394 e. The van der Waals surface area contributed by atoms with Crippen LogP contribution in [0.15, 0.2) is 24.3 Å². The first-order chi connectivity index (χ1) is 10.8. The molecule has 2 N–H and O–H groups in total. The highest BCUT2D eigenvalue weighted by molar-refractivity contribution is 6.04. The molecule has 1 amide bonds. The Morgan fingerprint density at radius 2 is 1.96 bits per heavy atom. The molecule has 0 unspecified atom stereocenters. The number of hydrogen-bond donors (Lipinski definition) is 2. The van der Waals surface area contributed by atoms with E-state index in [0.717, 1.165) is 4.90 Å². The molecule has 1 saturated heterocycles. The summed E-state index contributed by atoms with van der Waals surface area (Å²) >= 11 is 0. The van der Waals surface area contributed by atoms with Crippen LogP contribution in [-0.2, 0) is 4.79 Å². The average molecular weight is 327 g/mol. The first-order valence-electron chi connectivity index (χ1n) is 6.81. The van der Waals surface area contributed by atoms with E-state index >= 15 is 0 Å². The number of carboxylic acids is 1. The summed E-state index contributed by atoms with van der Waals surface area (Å²) in [7, 11) is 0. The molecule has 0 spiro atoms. The van der Waals surface area contributed by atoms with Crippen molar-refractivity contribution < 1.29 is 27.9 Å². The molecule has 2 atom stereocenters. The third kappa shape index (κ3) is 2.62. The summed E-state index contributed by atoms with van der Waals surface area (Å²) in [6.07, 6.45) is -4.67. The molecule has 23 heavy (non-hydrogen) atoms. The minimum Gasteiger partial charge on any atom is -0.481 e. The number of hydrogen-bond acceptors (Lipinski definition) is 3. The lowest BCUT2D eigenvalue weighted by atomic mass is 9.96. The molecular weight excluding hydrogens is 315 g/mol. The number of rotatable bonds is 2. The van der Waals surface area contributed by atoms with Gasteiger partial charge in [-0.2, -0.15) is 18.3 Å². The molecule has 0 saturated carbocycles. The van der Waals surface area contributed by atoms with Crippen molar-refractivity contribution in [3.8, 4) is 0 Å². The van der Waals surface area contributed by atoms with Crippen molar-refractivity contribution in [2.75, 3.05) is 13.1 Å². The number of aromatic nitrogens is 2. The van der Waals surface area contributed by atoms with E-state index in [-0.39, 0.29) is 5.69 Å². The second kappa shape index (κ2) is 5.25. The standard InChI is InChI=1S/C14H12F3N3O3/c15-14(16,17)9-6-20(5-8(9)13(22)23)12(21)11-7-3-1-2-4-10(7)18-19-11/h1-4,8-9H,5-6H2,(H,18,19)(H,22,23)/t8-,9-/m1/s1. The summed E-state index contributed by atoms with van der Waals surface area (Å²) in [5.41, 5.74) is 0.574. The molecular formula is C14H12F3N3O3. The van der Waals surface area contributed by atoms with Gasteiger partial charge in [0.15, 0.2) is 5.69 Å². The molecule has 1 fully saturated rings. The number of likely N-dealkylation sites (tertiary alicyclic amines) is 1. The van der Waals surface area contributed by atoms with E-state index in [2.05, 4.69) is 10.2 Å². The molecule has 1 aromatic heterocycles. The van der Waals surface area contributed by atoms with Crippen molar-refractivity contribution in [3.63, 3.8) is 0 Å². The van der Waals surface area contributed by atoms with E-state index in [1.165, 1.54) is 0 Å². The second-order valence-corrected chi connectivity index (χ2v) is 5.42. The summed E-state index contributed by atoms with van der Waals surface area (Å²) in [5, 5.41) is 16.0. The highest BCUT2D eigenvalue weighted by atomic mass is 19.4. The molecule has 9 heteroatoms. The van der Waals surface area contributed by atoms with Crippen molar-refractivity contribution in [3.05, 3.63) is 30.0 Å². The summed E-state index contributed by atoms with van der Waals surface area (Å²) in [6, 6.07) is 6.71. The molecule has 2 heterocycles. The number of aromatic amines is 1. The largest absolute Gasteiger partial charge is 0.481 e. The van der Waals surface area contributed by atoms with E-state index in [0.29, 0.717) is 10.9 Å². The normalized spacial score (nSPS) is 21.8. The van der Waals surface area contributed by atoms with Crippen LogP contribution < -0.4 is 0 Å². The first-order valence-corrected chi connectivity index (χ1v) is 6.81. The summed E-state index contributed by atoms with van der Waals surface area (Å²) in [6.45, 7) is -1.17. The lowest BCUT2D eigenvalue weighted by Crippen LogP contribution is -2.34. The van der Waals surface area contributed by atoms with Crippen LogP contribution in [0.1, 0.15) is 10.5 Å². The number of alkyl halides is 3. The Kier molecular flexibility index (Phi) is 3.50. The Hall–Kier alpha value is -2.58. The number of nitrogens with one attached hydrogen (secondary N) is 1. The van der Waals surface area contributed by atoms with Gasteiger partial charge in [-0.05, 0) is 6.07 Å². The SMILES string of the molecule is O=C(O)[C@@H]1CN(C(=O)c2n[nH]c3ccccc23)C[C@H]1C(F)(F)F. The van der Waals surface area contributed by atoms with E-state index in [9.17, 15) is 22.8 Å². The number of carbonyl (C=O) groups excluding carboxylic acids is 1. The van der Waals surface area contributed by atoms with Gasteiger partial charge in [-0.1, -0.05) is 18.2 Å². The molecule has 0 bridgehead atoms. The van der Waals surface area contributed by atoms with Gasteiger partial charge >= 0.3 is 12.1 Å². The van der Waals surface area contributed by atoms with Gasteiger partial charge < -0.3 is 10.0 Å². The smallest absolute Gasteiger partial charge is 0.394 e. The number of fused-ring (bicyclic) bond motifs is 1. The van der Waals surface area contributed by atoms with Crippen LogP contribution in [0.4, 0.5) is 13.2 Å². The molecule has 0 aliphatic carbocycles. The van der Waals surface area contributed by atoms with Gasteiger partial charge in [0.2, 0.25) is 0 Å². The Morgan fingerprint density at radius 3 is 2.57 bits per heavy atom. The van der Waals surface area contributed by atoms with Crippen molar-refractivity contribution in [1.82, 2.24) is 15.1 Å². The van der Waals surface area contributed by atoms with Gasteiger partial charge in [-0.15, -0.1) is 0 Å². The van der Waals surface area contributed by atoms with Gasteiger partial charge in [-0.25, -0.2) is 0 Å². The van der Waals surface area contributed by atoms with Crippen LogP contribution in [0.3, 0.4) is 0 Å². The second-order valence-electron chi connectivity index (χ2n) is 5.42. The molecule has 3 rings (SSSR count). The average Bonchev–Trinajstić information content (AvgIpc) is 3.10. The Balaban J connectivity index is 1.90. The number of halogens is 3. The van der Waals surface area contributed by atoms with Gasteiger partial charge in [0.25, 0.3) is 5.91 Å². The topological polar surface area (TPSA) is 86.3 Å². The fourth-order valence-electron chi connectivity index (χ4n) is 2.83. The van der Waals surface area contributed by atoms with Crippen LogP contribution in [0, 0.1) is 11.8 Å². The quantitative estimate of drug-likeness (QED) is 0.882. The number of nitrogens with zero attached hydrogens (tertiary/aromatic N) is 2. The monoisotopic (exact) mass is 327 g/mol. The molecule has 1 aliphatic rings. The molecule has 1 aliphatic heterocycles. The lowest BCUT2D eigenvalue weighted by molar-refractivity contribution is -0.187. The van der Waals surface area contributed by atoms with Crippen molar-refractivity contribution in [2.45, 2.75) is 6.18 Å². The fourth-order valence-corrected chi connectivity index (χ4v) is 2.83. The highest BCUT2D eigenvalue weighted by Crippen LogP contribution is 2.38. The molecule has 0 radical (unpaired) electrons. The van der Waals surface area contributed by atoms with Crippen LogP contribution in [0.2, 0.25) is 0 Å². The van der Waals surface area contributed by atoms with Crippen molar-refractivity contribution in [2.24, 2.45) is 11.8 Å². The molecule has 122 valence electrons. The predicted molar refractivity (Wildman–Crippen MR) is 72.7 cm³/mol. The Labute approximate surface area is 127 Å². The van der Waals surface area contributed by atoms with E-state index < -0.39 is 43.0 Å². The van der Waals surface area contributed by atoms with E-state index in [4.69, 9.17) is 5.11 Å². The summed E-state index contributed by atoms with van der Waals surface area (Å²) in [5.74, 6) is -6.01.